The molecule has 0 bridgehead atoms. The van der Waals surface area contributed by atoms with E-state index in [4.69, 9.17) is 15.2 Å². The van der Waals surface area contributed by atoms with Crippen LogP contribution in [0.25, 0.3) is 54.8 Å². The number of nitrogens with zero attached hydrogens (tertiary/aromatic N) is 5. The van der Waals surface area contributed by atoms with Crippen LogP contribution in [0.2, 0.25) is 0 Å². The number of fused-ring (bicyclic) bond motifs is 2. The van der Waals surface area contributed by atoms with Gasteiger partial charge in [0.15, 0.2) is 0 Å². The second kappa shape index (κ2) is 10.7. The van der Waals surface area contributed by atoms with Crippen LogP contribution in [0, 0.1) is 11.6 Å². The van der Waals surface area contributed by atoms with Crippen molar-refractivity contribution in [2.45, 2.75) is 13.0 Å². The van der Waals surface area contributed by atoms with Gasteiger partial charge in [0.05, 0.1) is 34.5 Å². The highest BCUT2D eigenvalue weighted by atomic mass is 32.1. The average molecular weight is 608 g/mol. The zero-order chi connectivity index (χ0) is 30.5. The third-order valence-electron chi connectivity index (χ3n) is 7.45. The van der Waals surface area contributed by atoms with Crippen LogP contribution in [0.3, 0.4) is 0 Å². The van der Waals surface area contributed by atoms with Crippen LogP contribution in [0.1, 0.15) is 18.7 Å². The first-order chi connectivity index (χ1) is 21.3. The van der Waals surface area contributed by atoms with E-state index < -0.39 is 23.1 Å². The van der Waals surface area contributed by atoms with Crippen molar-refractivity contribution in [1.82, 2.24) is 25.0 Å². The lowest BCUT2D eigenvalue weighted by Crippen LogP contribution is -2.16. The first kappa shape index (κ1) is 27.3. The van der Waals surface area contributed by atoms with Crippen molar-refractivity contribution < 1.29 is 13.2 Å². The lowest BCUT2D eigenvalue weighted by Gasteiger charge is -2.18. The molecule has 0 spiro atoms. The largest absolute Gasteiger partial charge is 0.458 e. The monoisotopic (exact) mass is 607 g/mol. The van der Waals surface area contributed by atoms with E-state index in [9.17, 15) is 13.6 Å². The summed E-state index contributed by atoms with van der Waals surface area (Å²) in [5, 5.41) is 18.2. The molecule has 0 saturated carbocycles. The first-order valence-electron chi connectivity index (χ1n) is 13.6. The van der Waals surface area contributed by atoms with Crippen LogP contribution in [0.4, 0.5) is 19.6 Å². The SMILES string of the molecule is CNc1nnc(-c2ccc(-c3nn(C(C)c4oc5cccc(F)c5c(=O)c4-c4cccc(F)c4)c4cncc(N)c34)cc2)s1. The van der Waals surface area contributed by atoms with Crippen molar-refractivity contribution in [2.75, 3.05) is 18.1 Å². The molecule has 1 unspecified atom stereocenters. The summed E-state index contributed by atoms with van der Waals surface area (Å²) in [5.74, 6) is -1.09. The second-order valence-corrected chi connectivity index (χ2v) is 11.1. The minimum Gasteiger partial charge on any atom is -0.458 e. The Kier molecular flexibility index (Phi) is 6.62. The number of halogens is 2. The highest BCUT2D eigenvalue weighted by Gasteiger charge is 2.27. The summed E-state index contributed by atoms with van der Waals surface area (Å²) in [7, 11) is 1.79. The van der Waals surface area contributed by atoms with E-state index in [0.29, 0.717) is 27.4 Å². The third kappa shape index (κ3) is 4.47. The predicted molar refractivity (Wildman–Crippen MR) is 167 cm³/mol. The smallest absolute Gasteiger partial charge is 0.205 e. The molecular weight excluding hydrogens is 584 g/mol. The number of pyridine rings is 1. The highest BCUT2D eigenvalue weighted by Crippen LogP contribution is 2.38. The van der Waals surface area contributed by atoms with E-state index in [1.165, 1.54) is 47.7 Å². The molecule has 0 radical (unpaired) electrons. The number of rotatable bonds is 6. The molecule has 12 heteroatoms. The molecule has 7 aromatic rings. The van der Waals surface area contributed by atoms with E-state index in [1.807, 2.05) is 24.3 Å². The van der Waals surface area contributed by atoms with Gasteiger partial charge in [-0.25, -0.2) is 8.78 Å². The Morgan fingerprint density at radius 1 is 0.955 bits per heavy atom. The van der Waals surface area contributed by atoms with Crippen molar-refractivity contribution in [1.29, 1.82) is 0 Å². The van der Waals surface area contributed by atoms with Crippen LogP contribution in [0.15, 0.2) is 88.3 Å². The molecule has 7 rings (SSSR count). The molecular formula is C32H23F2N7O2S. The molecule has 0 aliphatic heterocycles. The first-order valence-corrected chi connectivity index (χ1v) is 14.4. The maximum absolute atomic E-state index is 14.9. The fourth-order valence-electron chi connectivity index (χ4n) is 5.36. The molecule has 4 heterocycles. The maximum Gasteiger partial charge on any atom is 0.205 e. The van der Waals surface area contributed by atoms with Crippen LogP contribution in [-0.4, -0.2) is 32.0 Å². The molecule has 1 atom stereocenters. The molecule has 0 aliphatic rings. The Balaban J connectivity index is 1.42. The zero-order valence-corrected chi connectivity index (χ0v) is 24.2. The summed E-state index contributed by atoms with van der Waals surface area (Å²) in [6.45, 7) is 1.80. The number of benzene rings is 3. The summed E-state index contributed by atoms with van der Waals surface area (Å²) in [6, 6.07) is 16.7. The Hall–Kier alpha value is -5.49. The summed E-state index contributed by atoms with van der Waals surface area (Å²) in [5.41, 5.74) is 9.47. The maximum atomic E-state index is 14.9. The van der Waals surface area contributed by atoms with E-state index in [2.05, 4.69) is 20.5 Å². The minimum absolute atomic E-state index is 0.0408. The summed E-state index contributed by atoms with van der Waals surface area (Å²) >= 11 is 1.44. The molecule has 0 saturated heterocycles. The molecule has 4 aromatic heterocycles. The zero-order valence-electron chi connectivity index (χ0n) is 23.4. The van der Waals surface area contributed by atoms with Crippen LogP contribution < -0.4 is 16.5 Å². The molecule has 3 aromatic carbocycles. The normalized spacial score (nSPS) is 12.2. The van der Waals surface area contributed by atoms with Gasteiger partial charge >= 0.3 is 0 Å². The quantitative estimate of drug-likeness (QED) is 0.209. The fourth-order valence-corrected chi connectivity index (χ4v) is 6.06. The minimum atomic E-state index is -0.726. The number of anilines is 2. The van der Waals surface area contributed by atoms with Crippen LogP contribution in [-0.2, 0) is 0 Å². The Morgan fingerprint density at radius 2 is 1.73 bits per heavy atom. The highest BCUT2D eigenvalue weighted by molar-refractivity contribution is 7.18. The fraction of sp³-hybridized carbons (Fsp3) is 0.0938. The van der Waals surface area contributed by atoms with Gasteiger partial charge in [-0.05, 0) is 36.8 Å². The van der Waals surface area contributed by atoms with Gasteiger partial charge in [-0.3, -0.25) is 14.5 Å². The molecule has 3 N–H and O–H groups in total. The van der Waals surface area contributed by atoms with Crippen LogP contribution in [0.5, 0.6) is 0 Å². The van der Waals surface area contributed by atoms with Crippen LogP contribution >= 0.6 is 11.3 Å². The number of hydrogen-bond acceptors (Lipinski definition) is 9. The molecule has 0 aliphatic carbocycles. The number of nitrogens with two attached hydrogens (primary N) is 1. The van der Waals surface area contributed by atoms with Gasteiger partial charge in [-0.2, -0.15) is 5.10 Å². The molecule has 0 fully saturated rings. The number of hydrogen-bond donors (Lipinski definition) is 2. The average Bonchev–Trinajstić information content (AvgIpc) is 3.67. The Morgan fingerprint density at radius 3 is 2.48 bits per heavy atom. The standard InChI is InChI=1S/C32H23F2N7O2S/c1-16(30-25(19-5-3-6-20(33)13-19)29(42)26-21(34)7-4-8-24(26)43-30)41-23-15-37-14-22(35)27(23)28(40-41)17-9-11-18(12-10-17)31-38-39-32(36-2)44-31/h3-16H,35H2,1-2H3,(H,36,39). The van der Waals surface area contributed by atoms with E-state index in [0.717, 1.165) is 16.1 Å². The van der Waals surface area contributed by atoms with Crippen molar-refractivity contribution in [2.24, 2.45) is 0 Å². The summed E-state index contributed by atoms with van der Waals surface area (Å²) < 4.78 is 37.2. The lowest BCUT2D eigenvalue weighted by atomic mass is 9.99. The van der Waals surface area contributed by atoms with Crippen molar-refractivity contribution in [3.63, 3.8) is 0 Å². The molecule has 0 amide bonds. The third-order valence-corrected chi connectivity index (χ3v) is 8.44. The van der Waals surface area contributed by atoms with Gasteiger partial charge in [0, 0.05) is 18.2 Å². The van der Waals surface area contributed by atoms with Crippen molar-refractivity contribution in [3.05, 3.63) is 107 Å². The van der Waals surface area contributed by atoms with Crippen molar-refractivity contribution in [3.8, 4) is 33.0 Å². The van der Waals surface area contributed by atoms with Crippen molar-refractivity contribution >= 4 is 44.0 Å². The van der Waals surface area contributed by atoms with Gasteiger partial charge in [0.25, 0.3) is 0 Å². The number of nitrogen functional groups attached to an aromatic ring is 1. The molecule has 9 nitrogen and oxygen atoms in total. The van der Waals surface area contributed by atoms with Gasteiger partial charge in [-0.15, -0.1) is 10.2 Å². The van der Waals surface area contributed by atoms with E-state index in [-0.39, 0.29) is 27.9 Å². The van der Waals surface area contributed by atoms with Gasteiger partial charge < -0.3 is 15.5 Å². The van der Waals surface area contributed by atoms with E-state index in [1.54, 1.807) is 37.1 Å². The van der Waals surface area contributed by atoms with E-state index >= 15 is 0 Å². The van der Waals surface area contributed by atoms with Gasteiger partial charge in [-0.1, -0.05) is 53.8 Å². The predicted octanol–water partition coefficient (Wildman–Crippen LogP) is 6.90. The lowest BCUT2D eigenvalue weighted by molar-refractivity contribution is 0.446. The second-order valence-electron chi connectivity index (χ2n) is 10.1. The molecule has 218 valence electrons. The van der Waals surface area contributed by atoms with Gasteiger partial charge in [0.2, 0.25) is 10.6 Å². The summed E-state index contributed by atoms with van der Waals surface area (Å²) in [4.78, 5) is 18.1. The van der Waals surface area contributed by atoms with Gasteiger partial charge in [0.1, 0.15) is 45.1 Å². The Bertz CT molecular complexity index is 2260. The number of nitrogens with one attached hydrogen (secondary N) is 1. The number of aromatic nitrogens is 5. The Labute approximate surface area is 252 Å². The topological polar surface area (TPSA) is 125 Å². The molecule has 44 heavy (non-hydrogen) atoms. The summed E-state index contributed by atoms with van der Waals surface area (Å²) in [6.07, 6.45) is 3.18.